The second-order valence-corrected chi connectivity index (χ2v) is 4.51. The summed E-state index contributed by atoms with van der Waals surface area (Å²) in [6.45, 7) is -0.0109. The third kappa shape index (κ3) is 2.18. The number of para-hydroxylation sites is 1. The molecule has 1 aliphatic heterocycles. The van der Waals surface area contributed by atoms with E-state index in [1.54, 1.807) is 0 Å². The van der Waals surface area contributed by atoms with Crippen LogP contribution in [0, 0.1) is 0 Å². The normalized spacial score (nSPS) is 16.9. The molecule has 1 atom stereocenters. The van der Waals surface area contributed by atoms with Gasteiger partial charge >= 0.3 is 0 Å². The Morgan fingerprint density at radius 2 is 2.00 bits per heavy atom. The Morgan fingerprint density at radius 3 is 2.84 bits per heavy atom. The van der Waals surface area contributed by atoms with Crippen molar-refractivity contribution >= 4 is 17.3 Å². The SMILES string of the molecule is O=C1Nc2ccccc2C1Nc1cccc(CO)c1. The van der Waals surface area contributed by atoms with E-state index in [2.05, 4.69) is 10.6 Å². The van der Waals surface area contributed by atoms with Crippen LogP contribution in [0.5, 0.6) is 0 Å². The van der Waals surface area contributed by atoms with E-state index >= 15 is 0 Å². The molecular formula is C15H14N2O2. The zero-order valence-corrected chi connectivity index (χ0v) is 10.3. The van der Waals surface area contributed by atoms with Crippen LogP contribution in [0.1, 0.15) is 17.2 Å². The van der Waals surface area contributed by atoms with E-state index in [-0.39, 0.29) is 18.6 Å². The van der Waals surface area contributed by atoms with E-state index < -0.39 is 0 Å². The third-order valence-electron chi connectivity index (χ3n) is 3.21. The topological polar surface area (TPSA) is 61.4 Å². The van der Waals surface area contributed by atoms with Crippen molar-refractivity contribution in [3.63, 3.8) is 0 Å². The van der Waals surface area contributed by atoms with Crippen LogP contribution >= 0.6 is 0 Å². The Balaban J connectivity index is 1.89. The highest BCUT2D eigenvalue weighted by Crippen LogP contribution is 2.32. The number of hydrogen-bond donors (Lipinski definition) is 3. The van der Waals surface area contributed by atoms with Crippen molar-refractivity contribution in [2.24, 2.45) is 0 Å². The summed E-state index contributed by atoms with van der Waals surface area (Å²) >= 11 is 0. The van der Waals surface area contributed by atoms with Crippen LogP contribution < -0.4 is 10.6 Å². The van der Waals surface area contributed by atoms with Crippen molar-refractivity contribution in [2.45, 2.75) is 12.6 Å². The fraction of sp³-hybridized carbons (Fsp3) is 0.133. The van der Waals surface area contributed by atoms with Gasteiger partial charge in [0.1, 0.15) is 6.04 Å². The summed E-state index contributed by atoms with van der Waals surface area (Å²) in [5.41, 5.74) is 3.44. The molecule has 1 heterocycles. The maximum absolute atomic E-state index is 12.0. The predicted molar refractivity (Wildman–Crippen MR) is 73.8 cm³/mol. The van der Waals surface area contributed by atoms with E-state index in [4.69, 9.17) is 5.11 Å². The lowest BCUT2D eigenvalue weighted by molar-refractivity contribution is -0.116. The molecule has 2 aromatic rings. The Hall–Kier alpha value is -2.33. The van der Waals surface area contributed by atoms with Crippen LogP contribution in [0.4, 0.5) is 11.4 Å². The fourth-order valence-electron chi connectivity index (χ4n) is 2.28. The van der Waals surface area contributed by atoms with Gasteiger partial charge in [0.2, 0.25) is 0 Å². The molecule has 0 aromatic heterocycles. The molecule has 0 saturated heterocycles. The number of aliphatic hydroxyl groups excluding tert-OH is 1. The zero-order valence-electron chi connectivity index (χ0n) is 10.3. The second-order valence-electron chi connectivity index (χ2n) is 4.51. The van der Waals surface area contributed by atoms with Gasteiger partial charge in [0.15, 0.2) is 0 Å². The highest BCUT2D eigenvalue weighted by molar-refractivity contribution is 6.04. The van der Waals surface area contributed by atoms with Crippen molar-refractivity contribution in [3.8, 4) is 0 Å². The predicted octanol–water partition coefficient (Wildman–Crippen LogP) is 2.28. The Kier molecular flexibility index (Phi) is 2.93. The van der Waals surface area contributed by atoms with E-state index in [1.165, 1.54) is 0 Å². The lowest BCUT2D eigenvalue weighted by Gasteiger charge is -2.13. The van der Waals surface area contributed by atoms with Crippen molar-refractivity contribution < 1.29 is 9.90 Å². The maximum Gasteiger partial charge on any atom is 0.251 e. The summed E-state index contributed by atoms with van der Waals surface area (Å²) in [4.78, 5) is 12.0. The fourth-order valence-corrected chi connectivity index (χ4v) is 2.28. The largest absolute Gasteiger partial charge is 0.392 e. The Labute approximate surface area is 111 Å². The van der Waals surface area contributed by atoms with Gasteiger partial charge in [-0.25, -0.2) is 0 Å². The third-order valence-corrected chi connectivity index (χ3v) is 3.21. The van der Waals surface area contributed by atoms with Crippen molar-refractivity contribution in [2.75, 3.05) is 10.6 Å². The first kappa shape index (κ1) is 11.7. The number of aliphatic hydroxyl groups is 1. The van der Waals surface area contributed by atoms with Crippen molar-refractivity contribution in [1.82, 2.24) is 0 Å². The zero-order chi connectivity index (χ0) is 13.2. The van der Waals surface area contributed by atoms with Crippen LogP contribution in [-0.2, 0) is 11.4 Å². The minimum Gasteiger partial charge on any atom is -0.392 e. The van der Waals surface area contributed by atoms with E-state index in [0.717, 1.165) is 22.5 Å². The number of nitrogens with one attached hydrogen (secondary N) is 2. The van der Waals surface area contributed by atoms with E-state index in [1.807, 2.05) is 48.5 Å². The molecule has 0 radical (unpaired) electrons. The summed E-state index contributed by atoms with van der Waals surface area (Å²) < 4.78 is 0. The molecule has 0 aliphatic carbocycles. The first-order chi connectivity index (χ1) is 9.28. The molecule has 2 aromatic carbocycles. The average Bonchev–Trinajstić information content (AvgIpc) is 2.76. The first-order valence-electron chi connectivity index (χ1n) is 6.14. The summed E-state index contributed by atoms with van der Waals surface area (Å²) in [7, 11) is 0. The number of amides is 1. The number of fused-ring (bicyclic) bond motifs is 1. The standard InChI is InChI=1S/C15H14N2O2/c18-9-10-4-3-5-11(8-10)16-14-12-6-1-2-7-13(12)17-15(14)19/h1-8,14,16,18H,9H2,(H,17,19). The molecule has 3 rings (SSSR count). The molecule has 1 aliphatic rings. The highest BCUT2D eigenvalue weighted by atomic mass is 16.3. The molecule has 4 nitrogen and oxygen atoms in total. The summed E-state index contributed by atoms with van der Waals surface area (Å²) in [5.74, 6) is -0.0596. The second kappa shape index (κ2) is 4.74. The number of benzene rings is 2. The molecule has 1 amide bonds. The maximum atomic E-state index is 12.0. The van der Waals surface area contributed by atoms with Crippen LogP contribution in [0.25, 0.3) is 0 Å². The summed E-state index contributed by atoms with van der Waals surface area (Å²) in [6, 6.07) is 14.7. The number of carbonyl (C=O) groups is 1. The minimum absolute atomic E-state index is 0.0109. The Morgan fingerprint density at radius 1 is 1.16 bits per heavy atom. The van der Waals surface area contributed by atoms with Gasteiger partial charge in [-0.15, -0.1) is 0 Å². The molecule has 4 heteroatoms. The molecular weight excluding hydrogens is 240 g/mol. The quantitative estimate of drug-likeness (QED) is 0.787. The van der Waals surface area contributed by atoms with Gasteiger partial charge < -0.3 is 15.7 Å². The lowest BCUT2D eigenvalue weighted by Crippen LogP contribution is -2.19. The number of anilines is 2. The summed E-state index contributed by atoms with van der Waals surface area (Å²) in [5, 5.41) is 15.2. The number of carbonyl (C=O) groups excluding carboxylic acids is 1. The molecule has 0 saturated carbocycles. The lowest BCUT2D eigenvalue weighted by atomic mass is 10.1. The molecule has 19 heavy (non-hydrogen) atoms. The smallest absolute Gasteiger partial charge is 0.251 e. The first-order valence-corrected chi connectivity index (χ1v) is 6.14. The number of hydrogen-bond acceptors (Lipinski definition) is 3. The van der Waals surface area contributed by atoms with Crippen LogP contribution in [0.3, 0.4) is 0 Å². The molecule has 96 valence electrons. The number of rotatable bonds is 3. The molecule has 0 bridgehead atoms. The minimum atomic E-state index is -0.384. The molecule has 0 spiro atoms. The Bertz CT molecular complexity index is 625. The van der Waals surface area contributed by atoms with E-state index in [9.17, 15) is 4.79 Å². The van der Waals surface area contributed by atoms with Crippen LogP contribution in [0.2, 0.25) is 0 Å². The average molecular weight is 254 g/mol. The summed E-state index contributed by atoms with van der Waals surface area (Å²) in [6.07, 6.45) is 0. The molecule has 1 unspecified atom stereocenters. The van der Waals surface area contributed by atoms with Crippen molar-refractivity contribution in [3.05, 3.63) is 59.7 Å². The van der Waals surface area contributed by atoms with Gasteiger partial charge in [-0.2, -0.15) is 0 Å². The van der Waals surface area contributed by atoms with Gasteiger partial charge in [0.05, 0.1) is 6.61 Å². The molecule has 3 N–H and O–H groups in total. The van der Waals surface area contributed by atoms with Gasteiger partial charge in [-0.1, -0.05) is 30.3 Å². The molecule has 0 fully saturated rings. The monoisotopic (exact) mass is 254 g/mol. The van der Waals surface area contributed by atoms with Gasteiger partial charge in [0.25, 0.3) is 5.91 Å². The van der Waals surface area contributed by atoms with Crippen LogP contribution in [-0.4, -0.2) is 11.0 Å². The van der Waals surface area contributed by atoms with Gasteiger partial charge in [-0.3, -0.25) is 4.79 Å². The van der Waals surface area contributed by atoms with Gasteiger partial charge in [0, 0.05) is 16.9 Å². The van der Waals surface area contributed by atoms with Gasteiger partial charge in [-0.05, 0) is 23.8 Å². The highest BCUT2D eigenvalue weighted by Gasteiger charge is 2.29. The van der Waals surface area contributed by atoms with E-state index in [0.29, 0.717) is 0 Å². The van der Waals surface area contributed by atoms with Crippen molar-refractivity contribution in [1.29, 1.82) is 0 Å². The van der Waals surface area contributed by atoms with Crippen LogP contribution in [0.15, 0.2) is 48.5 Å².